The first-order valence-electron chi connectivity index (χ1n) is 13.6. The van der Waals surface area contributed by atoms with Crippen molar-refractivity contribution in [3.8, 4) is 22.6 Å². The van der Waals surface area contributed by atoms with Gasteiger partial charge in [-0.3, -0.25) is 10.1 Å². The van der Waals surface area contributed by atoms with Gasteiger partial charge in [-0.2, -0.15) is 5.10 Å². The zero-order chi connectivity index (χ0) is 25.9. The topological polar surface area (TPSA) is 82.3 Å². The van der Waals surface area contributed by atoms with Gasteiger partial charge in [-0.1, -0.05) is 49.8 Å². The van der Waals surface area contributed by atoms with Crippen LogP contribution in [0, 0.1) is 12.8 Å². The fourth-order valence-corrected chi connectivity index (χ4v) is 5.69. The van der Waals surface area contributed by atoms with Crippen LogP contribution in [0.5, 0.6) is 0 Å². The van der Waals surface area contributed by atoms with Crippen LogP contribution < -0.4 is 5.32 Å². The smallest absolute Gasteiger partial charge is 0.135 e. The molecule has 0 atom stereocenters. The Kier molecular flexibility index (Phi) is 6.88. The summed E-state index contributed by atoms with van der Waals surface area (Å²) in [5.74, 6) is 0.821. The van der Waals surface area contributed by atoms with Gasteiger partial charge in [0.2, 0.25) is 0 Å². The van der Waals surface area contributed by atoms with Crippen molar-refractivity contribution in [1.82, 2.24) is 30.5 Å². The van der Waals surface area contributed by atoms with E-state index in [9.17, 15) is 0 Å². The molecule has 0 aromatic carbocycles. The summed E-state index contributed by atoms with van der Waals surface area (Å²) < 4.78 is 0. The highest BCUT2D eigenvalue weighted by atomic mass is 15.1. The van der Waals surface area contributed by atoms with Crippen LogP contribution in [0.1, 0.15) is 48.9 Å². The third kappa shape index (κ3) is 4.92. The van der Waals surface area contributed by atoms with Crippen LogP contribution in [-0.4, -0.2) is 31.7 Å². The molecule has 2 aliphatic rings. The molecule has 0 amide bonds. The Morgan fingerprint density at radius 3 is 2.89 bits per heavy atom. The summed E-state index contributed by atoms with van der Waals surface area (Å²) in [6, 6.07) is 8.44. The largest absolute Gasteiger partial charge is 0.357 e. The molecule has 1 saturated carbocycles. The van der Waals surface area contributed by atoms with Gasteiger partial charge in [-0.15, -0.1) is 0 Å². The quantitative estimate of drug-likeness (QED) is 0.214. The van der Waals surface area contributed by atoms with Crippen LogP contribution in [0.15, 0.2) is 79.2 Å². The lowest BCUT2D eigenvalue weighted by Crippen LogP contribution is -2.20. The maximum absolute atomic E-state index is 5.04. The second-order valence-electron chi connectivity index (χ2n) is 10.4. The van der Waals surface area contributed by atoms with Gasteiger partial charge in [0.25, 0.3) is 0 Å². The first kappa shape index (κ1) is 24.3. The Balaban J connectivity index is 1.28. The normalized spacial score (nSPS) is 16.0. The van der Waals surface area contributed by atoms with Gasteiger partial charge in [-0.25, -0.2) is 4.98 Å². The fourth-order valence-electron chi connectivity index (χ4n) is 5.69. The number of aromatic amines is 2. The standard InChI is InChI=1S/C32H34N6/c1-3-8-26(24-11-6-7-12-24)27-16-30(35-21(27)2)32-31-29(37-38-32)14-13-28(36-31)25-15-23(19-34-20-25)18-33-17-22-9-4-5-10-22/h3,6,8,11-16,19-20,22,33,35H,1,4-5,7,9-10,17-18H2,2H3,(H,37,38)/b26-8-. The van der Waals surface area contributed by atoms with E-state index in [2.05, 4.69) is 75.4 Å². The van der Waals surface area contributed by atoms with Crippen molar-refractivity contribution in [3.05, 3.63) is 96.0 Å². The van der Waals surface area contributed by atoms with Crippen LogP contribution in [0.2, 0.25) is 0 Å². The van der Waals surface area contributed by atoms with Crippen LogP contribution in [0.3, 0.4) is 0 Å². The fraction of sp³-hybridized carbons (Fsp3) is 0.281. The molecule has 0 aliphatic heterocycles. The number of hydrogen-bond acceptors (Lipinski definition) is 4. The van der Waals surface area contributed by atoms with Gasteiger partial charge in [0.15, 0.2) is 0 Å². The number of H-pyrrole nitrogens is 2. The summed E-state index contributed by atoms with van der Waals surface area (Å²) in [6.45, 7) is 7.94. The molecule has 6 nitrogen and oxygen atoms in total. The molecule has 6 heteroatoms. The van der Waals surface area contributed by atoms with Crippen LogP contribution >= 0.6 is 0 Å². The van der Waals surface area contributed by atoms with Crippen molar-refractivity contribution < 1.29 is 0 Å². The number of allylic oxidation sites excluding steroid dienone is 7. The van der Waals surface area contributed by atoms with Crippen molar-refractivity contribution in [2.45, 2.75) is 45.6 Å². The molecule has 0 bridgehead atoms. The van der Waals surface area contributed by atoms with Crippen LogP contribution in [-0.2, 0) is 6.54 Å². The third-order valence-electron chi connectivity index (χ3n) is 7.66. The molecule has 4 heterocycles. The van der Waals surface area contributed by atoms with Gasteiger partial charge in [0.1, 0.15) is 11.2 Å². The maximum Gasteiger partial charge on any atom is 0.135 e. The zero-order valence-electron chi connectivity index (χ0n) is 21.9. The number of rotatable bonds is 9. The maximum atomic E-state index is 5.04. The summed E-state index contributed by atoms with van der Waals surface area (Å²) in [6.07, 6.45) is 20.8. The lowest BCUT2D eigenvalue weighted by atomic mass is 9.98. The van der Waals surface area contributed by atoms with Crippen molar-refractivity contribution in [1.29, 1.82) is 0 Å². The van der Waals surface area contributed by atoms with Gasteiger partial charge in [-0.05, 0) is 79.6 Å². The van der Waals surface area contributed by atoms with Gasteiger partial charge < -0.3 is 10.3 Å². The molecular formula is C32H34N6. The Morgan fingerprint density at radius 2 is 2.08 bits per heavy atom. The summed E-state index contributed by atoms with van der Waals surface area (Å²) in [5.41, 5.74) is 11.2. The van der Waals surface area contributed by atoms with Crippen LogP contribution in [0.25, 0.3) is 39.3 Å². The predicted octanol–water partition coefficient (Wildman–Crippen LogP) is 7.06. The molecule has 0 unspecified atom stereocenters. The second kappa shape index (κ2) is 10.8. The van der Waals surface area contributed by atoms with E-state index in [1.807, 2.05) is 30.6 Å². The van der Waals surface area contributed by atoms with E-state index in [1.165, 1.54) is 36.8 Å². The van der Waals surface area contributed by atoms with E-state index in [0.29, 0.717) is 0 Å². The minimum atomic E-state index is 0.812. The number of fused-ring (bicyclic) bond motifs is 1. The molecule has 6 rings (SSSR count). The molecule has 4 aromatic rings. The summed E-state index contributed by atoms with van der Waals surface area (Å²) in [4.78, 5) is 13.1. The summed E-state index contributed by atoms with van der Waals surface area (Å²) >= 11 is 0. The number of aryl methyl sites for hydroxylation is 1. The Bertz CT molecular complexity index is 1560. The molecule has 2 aliphatic carbocycles. The monoisotopic (exact) mass is 502 g/mol. The lowest BCUT2D eigenvalue weighted by Gasteiger charge is -2.11. The highest BCUT2D eigenvalue weighted by Crippen LogP contribution is 2.34. The first-order chi connectivity index (χ1) is 18.7. The molecule has 3 N–H and O–H groups in total. The van der Waals surface area contributed by atoms with Crippen molar-refractivity contribution in [3.63, 3.8) is 0 Å². The highest BCUT2D eigenvalue weighted by molar-refractivity contribution is 5.92. The van der Waals surface area contributed by atoms with E-state index in [-0.39, 0.29) is 0 Å². The van der Waals surface area contributed by atoms with E-state index in [4.69, 9.17) is 4.98 Å². The molecule has 4 aromatic heterocycles. The molecule has 0 saturated heterocycles. The average molecular weight is 503 g/mol. The number of pyridine rings is 2. The number of hydrogen-bond donors (Lipinski definition) is 3. The number of nitrogens with one attached hydrogen (secondary N) is 3. The summed E-state index contributed by atoms with van der Waals surface area (Å²) in [7, 11) is 0. The number of nitrogens with zero attached hydrogens (tertiary/aromatic N) is 3. The SMILES string of the molecule is C=C/C=C(/C1=CCC=C1)c1cc(-c2n[nH]c3ccc(-c4cncc(CNCC5CCCC5)c4)nc23)[nH]c1C. The van der Waals surface area contributed by atoms with E-state index >= 15 is 0 Å². The zero-order valence-corrected chi connectivity index (χ0v) is 21.9. The molecule has 192 valence electrons. The van der Waals surface area contributed by atoms with E-state index in [0.717, 1.165) is 75.9 Å². The van der Waals surface area contributed by atoms with Gasteiger partial charge >= 0.3 is 0 Å². The van der Waals surface area contributed by atoms with Gasteiger partial charge in [0, 0.05) is 35.8 Å². The molecular weight excluding hydrogens is 468 g/mol. The third-order valence-corrected chi connectivity index (χ3v) is 7.66. The van der Waals surface area contributed by atoms with E-state index in [1.54, 1.807) is 0 Å². The van der Waals surface area contributed by atoms with E-state index < -0.39 is 0 Å². The first-order valence-corrected chi connectivity index (χ1v) is 13.6. The minimum Gasteiger partial charge on any atom is -0.357 e. The minimum absolute atomic E-state index is 0.812. The molecule has 1 fully saturated rings. The molecule has 38 heavy (non-hydrogen) atoms. The Morgan fingerprint density at radius 1 is 1.18 bits per heavy atom. The highest BCUT2D eigenvalue weighted by Gasteiger charge is 2.18. The number of aromatic nitrogens is 5. The predicted molar refractivity (Wildman–Crippen MR) is 155 cm³/mol. The Hall–Kier alpha value is -4.03. The molecule has 0 spiro atoms. The second-order valence-corrected chi connectivity index (χ2v) is 10.4. The van der Waals surface area contributed by atoms with Crippen molar-refractivity contribution in [2.75, 3.05) is 6.54 Å². The Labute approximate surface area is 223 Å². The van der Waals surface area contributed by atoms with Crippen molar-refractivity contribution in [2.24, 2.45) is 5.92 Å². The van der Waals surface area contributed by atoms with Crippen molar-refractivity contribution >= 4 is 16.6 Å². The van der Waals surface area contributed by atoms with Crippen LogP contribution in [0.4, 0.5) is 0 Å². The lowest BCUT2D eigenvalue weighted by molar-refractivity contribution is 0.489. The van der Waals surface area contributed by atoms with Gasteiger partial charge in [0.05, 0.1) is 16.9 Å². The average Bonchev–Trinajstić information content (AvgIpc) is 3.75. The summed E-state index contributed by atoms with van der Waals surface area (Å²) in [5, 5.41) is 11.4. The molecule has 0 radical (unpaired) electrons.